The van der Waals surface area contributed by atoms with Crippen molar-refractivity contribution in [3.05, 3.63) is 0 Å². The fourth-order valence-corrected chi connectivity index (χ4v) is 2.55. The van der Waals surface area contributed by atoms with E-state index in [0.29, 0.717) is 18.9 Å². The molecule has 19 heavy (non-hydrogen) atoms. The van der Waals surface area contributed by atoms with Gasteiger partial charge in [0.05, 0.1) is 0 Å². The molecule has 2 unspecified atom stereocenters. The maximum absolute atomic E-state index is 11.9. The molecule has 2 atom stereocenters. The standard InChI is InChI=1S/C13H25N3O3/c1-4-11(12(17)18)16(3)13(19)14-8-10-6-5-7-15(2)9-10/h10-11H,4-9H2,1-3H3,(H,14,19)(H,17,18). The van der Waals surface area contributed by atoms with Crippen LogP contribution < -0.4 is 5.32 Å². The molecule has 1 aliphatic rings. The molecule has 0 aromatic rings. The fraction of sp³-hybridized carbons (Fsp3) is 0.846. The first-order chi connectivity index (χ1) is 8.95. The highest BCUT2D eigenvalue weighted by Gasteiger charge is 2.25. The van der Waals surface area contributed by atoms with E-state index in [1.54, 1.807) is 6.92 Å². The van der Waals surface area contributed by atoms with Crippen LogP contribution in [0.25, 0.3) is 0 Å². The van der Waals surface area contributed by atoms with Gasteiger partial charge in [0.1, 0.15) is 6.04 Å². The molecular weight excluding hydrogens is 246 g/mol. The molecule has 1 rings (SSSR count). The Morgan fingerprint density at radius 3 is 2.74 bits per heavy atom. The van der Waals surface area contributed by atoms with Crippen molar-refractivity contribution in [1.29, 1.82) is 0 Å². The average Bonchev–Trinajstić information content (AvgIpc) is 2.36. The van der Waals surface area contributed by atoms with Gasteiger partial charge in [0.25, 0.3) is 0 Å². The van der Waals surface area contributed by atoms with Crippen LogP contribution in [-0.4, -0.2) is 66.7 Å². The van der Waals surface area contributed by atoms with Gasteiger partial charge in [0.2, 0.25) is 0 Å². The van der Waals surface area contributed by atoms with E-state index in [1.807, 2.05) is 0 Å². The van der Waals surface area contributed by atoms with Crippen LogP contribution in [0.3, 0.4) is 0 Å². The number of aliphatic carboxylic acids is 1. The Bertz CT molecular complexity index is 322. The maximum atomic E-state index is 11.9. The molecule has 1 heterocycles. The lowest BCUT2D eigenvalue weighted by molar-refractivity contribution is -0.141. The van der Waals surface area contributed by atoms with Crippen molar-refractivity contribution in [2.75, 3.05) is 33.7 Å². The van der Waals surface area contributed by atoms with Gasteiger partial charge in [-0.25, -0.2) is 9.59 Å². The fourth-order valence-electron chi connectivity index (χ4n) is 2.55. The molecule has 1 saturated heterocycles. The second-order valence-corrected chi connectivity index (χ2v) is 5.33. The quantitative estimate of drug-likeness (QED) is 0.777. The van der Waals surface area contributed by atoms with Gasteiger partial charge in [-0.05, 0) is 38.8 Å². The van der Waals surface area contributed by atoms with Gasteiger partial charge in [-0.15, -0.1) is 0 Å². The number of likely N-dealkylation sites (tertiary alicyclic amines) is 1. The van der Waals surface area contributed by atoms with Crippen LogP contribution >= 0.6 is 0 Å². The molecule has 0 aromatic heterocycles. The summed E-state index contributed by atoms with van der Waals surface area (Å²) in [6.45, 7) is 4.48. The molecule has 0 aromatic carbocycles. The zero-order chi connectivity index (χ0) is 14.4. The van der Waals surface area contributed by atoms with Gasteiger partial charge in [0, 0.05) is 20.1 Å². The molecule has 1 fully saturated rings. The molecule has 6 nitrogen and oxygen atoms in total. The lowest BCUT2D eigenvalue weighted by atomic mass is 9.98. The Morgan fingerprint density at radius 1 is 1.53 bits per heavy atom. The monoisotopic (exact) mass is 271 g/mol. The van der Waals surface area contributed by atoms with Crippen molar-refractivity contribution in [3.63, 3.8) is 0 Å². The number of amides is 2. The van der Waals surface area contributed by atoms with Gasteiger partial charge in [-0.1, -0.05) is 6.92 Å². The molecule has 1 aliphatic heterocycles. The first kappa shape index (κ1) is 15.8. The number of carbonyl (C=O) groups excluding carboxylic acids is 1. The van der Waals surface area contributed by atoms with Gasteiger partial charge < -0.3 is 20.2 Å². The molecular formula is C13H25N3O3. The lowest BCUT2D eigenvalue weighted by Gasteiger charge is -2.31. The number of carboxylic acids is 1. The van der Waals surface area contributed by atoms with Crippen LogP contribution in [0, 0.1) is 5.92 Å². The van der Waals surface area contributed by atoms with E-state index in [2.05, 4.69) is 17.3 Å². The number of piperidine rings is 1. The molecule has 0 bridgehead atoms. The van der Waals surface area contributed by atoms with Crippen molar-refractivity contribution >= 4 is 12.0 Å². The molecule has 0 aliphatic carbocycles. The summed E-state index contributed by atoms with van der Waals surface area (Å²) in [5.41, 5.74) is 0. The Hall–Kier alpha value is -1.30. The summed E-state index contributed by atoms with van der Waals surface area (Å²) in [6.07, 6.45) is 2.68. The summed E-state index contributed by atoms with van der Waals surface area (Å²) < 4.78 is 0. The van der Waals surface area contributed by atoms with Crippen LogP contribution in [0.2, 0.25) is 0 Å². The minimum absolute atomic E-state index is 0.303. The normalized spacial score (nSPS) is 21.7. The number of urea groups is 1. The second kappa shape index (κ2) is 7.33. The minimum Gasteiger partial charge on any atom is -0.480 e. The predicted octanol–water partition coefficient (Wildman–Crippen LogP) is 0.833. The number of nitrogens with one attached hydrogen (secondary N) is 1. The number of rotatable bonds is 5. The third kappa shape index (κ3) is 4.70. The molecule has 2 N–H and O–H groups in total. The van der Waals surface area contributed by atoms with Crippen molar-refractivity contribution in [2.24, 2.45) is 5.92 Å². The van der Waals surface area contributed by atoms with E-state index in [1.165, 1.54) is 11.9 Å². The topological polar surface area (TPSA) is 72.9 Å². The van der Waals surface area contributed by atoms with E-state index in [-0.39, 0.29) is 6.03 Å². The predicted molar refractivity (Wildman–Crippen MR) is 73.1 cm³/mol. The Morgan fingerprint density at radius 2 is 2.21 bits per heavy atom. The minimum atomic E-state index is -0.961. The lowest BCUT2D eigenvalue weighted by Crippen LogP contribution is -2.49. The molecule has 0 saturated carbocycles. The summed E-state index contributed by atoms with van der Waals surface area (Å²) in [6, 6.07) is -1.06. The van der Waals surface area contributed by atoms with Crippen LogP contribution in [0.1, 0.15) is 26.2 Å². The number of hydrogen-bond acceptors (Lipinski definition) is 3. The highest BCUT2D eigenvalue weighted by molar-refractivity contribution is 5.82. The number of likely N-dealkylation sites (N-methyl/N-ethyl adjacent to an activating group) is 1. The van der Waals surface area contributed by atoms with Crippen molar-refractivity contribution < 1.29 is 14.7 Å². The number of nitrogens with zero attached hydrogens (tertiary/aromatic N) is 2. The second-order valence-electron chi connectivity index (χ2n) is 5.33. The van der Waals surface area contributed by atoms with Crippen molar-refractivity contribution in [2.45, 2.75) is 32.2 Å². The Kier molecular flexibility index (Phi) is 6.08. The van der Waals surface area contributed by atoms with Gasteiger partial charge in [0.15, 0.2) is 0 Å². The summed E-state index contributed by atoms with van der Waals surface area (Å²) >= 11 is 0. The maximum Gasteiger partial charge on any atom is 0.326 e. The highest BCUT2D eigenvalue weighted by atomic mass is 16.4. The van der Waals surface area contributed by atoms with Crippen molar-refractivity contribution in [1.82, 2.24) is 15.1 Å². The van der Waals surface area contributed by atoms with Gasteiger partial charge in [-0.3, -0.25) is 0 Å². The van der Waals surface area contributed by atoms with Crippen LogP contribution in [-0.2, 0) is 4.79 Å². The van der Waals surface area contributed by atoms with Gasteiger partial charge in [-0.2, -0.15) is 0 Å². The summed E-state index contributed by atoms with van der Waals surface area (Å²) in [5.74, 6) is -0.501. The molecule has 2 amide bonds. The largest absolute Gasteiger partial charge is 0.480 e. The van der Waals surface area contributed by atoms with Crippen LogP contribution in [0.4, 0.5) is 4.79 Å². The summed E-state index contributed by atoms with van der Waals surface area (Å²) in [4.78, 5) is 26.4. The Labute approximate surface area is 114 Å². The Balaban J connectivity index is 2.39. The van der Waals surface area contributed by atoms with Crippen molar-refractivity contribution in [3.8, 4) is 0 Å². The van der Waals surface area contributed by atoms with E-state index in [0.717, 1.165) is 25.9 Å². The zero-order valence-electron chi connectivity index (χ0n) is 12.1. The number of carboxylic acid groups (broad SMARTS) is 1. The van der Waals surface area contributed by atoms with E-state index in [9.17, 15) is 9.59 Å². The molecule has 6 heteroatoms. The highest BCUT2D eigenvalue weighted by Crippen LogP contribution is 2.14. The molecule has 110 valence electrons. The van der Waals surface area contributed by atoms with Crippen LogP contribution in [0.5, 0.6) is 0 Å². The zero-order valence-corrected chi connectivity index (χ0v) is 12.1. The molecule has 0 radical (unpaired) electrons. The third-order valence-electron chi connectivity index (χ3n) is 3.72. The summed E-state index contributed by atoms with van der Waals surface area (Å²) in [5, 5.41) is 11.9. The van der Waals surface area contributed by atoms with E-state index >= 15 is 0 Å². The van der Waals surface area contributed by atoms with E-state index < -0.39 is 12.0 Å². The van der Waals surface area contributed by atoms with Gasteiger partial charge >= 0.3 is 12.0 Å². The smallest absolute Gasteiger partial charge is 0.326 e. The SMILES string of the molecule is CCC(C(=O)O)N(C)C(=O)NCC1CCCN(C)C1. The van der Waals surface area contributed by atoms with E-state index in [4.69, 9.17) is 5.11 Å². The van der Waals surface area contributed by atoms with Crippen LogP contribution in [0.15, 0.2) is 0 Å². The molecule has 0 spiro atoms. The third-order valence-corrected chi connectivity index (χ3v) is 3.72. The number of hydrogen-bond donors (Lipinski definition) is 2. The first-order valence-electron chi connectivity index (χ1n) is 6.87. The first-order valence-corrected chi connectivity index (χ1v) is 6.87. The number of carbonyl (C=O) groups is 2. The average molecular weight is 271 g/mol. The summed E-state index contributed by atoms with van der Waals surface area (Å²) in [7, 11) is 3.61.